The summed E-state index contributed by atoms with van der Waals surface area (Å²) in [6, 6.07) is 7.47. The van der Waals surface area contributed by atoms with Crippen LogP contribution >= 0.6 is 0 Å². The van der Waals surface area contributed by atoms with Gasteiger partial charge in [0, 0.05) is 6.04 Å². The molecule has 1 aromatic rings. The van der Waals surface area contributed by atoms with Gasteiger partial charge in [0.25, 0.3) is 5.91 Å². The smallest absolute Gasteiger partial charge is 0.262 e. The fourth-order valence-electron chi connectivity index (χ4n) is 1.81. The lowest BCUT2D eigenvalue weighted by Crippen LogP contribution is -2.26. The van der Waals surface area contributed by atoms with Gasteiger partial charge in [-0.3, -0.25) is 4.79 Å². The van der Waals surface area contributed by atoms with E-state index in [-0.39, 0.29) is 24.3 Å². The highest BCUT2D eigenvalue weighted by molar-refractivity contribution is 6.02. The number of carbonyl (C=O) groups is 1. The van der Waals surface area contributed by atoms with Crippen molar-refractivity contribution in [2.45, 2.75) is 18.9 Å². The second kappa shape index (κ2) is 4.65. The molecule has 1 fully saturated rings. The molecule has 5 heteroatoms. The minimum absolute atomic E-state index is 0.103. The van der Waals surface area contributed by atoms with E-state index in [4.69, 9.17) is 14.7 Å². The number of nitrogens with one attached hydrogen (secondary N) is 1. The van der Waals surface area contributed by atoms with Gasteiger partial charge in [-0.2, -0.15) is 5.26 Å². The molecule has 1 amide bonds. The molecule has 1 N–H and O–H groups in total. The summed E-state index contributed by atoms with van der Waals surface area (Å²) in [6.45, 7) is 0.204. The third kappa shape index (κ3) is 2.52. The third-order valence-electron chi connectivity index (χ3n) is 2.99. The number of fused-ring (bicyclic) bond motifs is 1. The largest absolute Gasteiger partial charge is 0.454 e. The summed E-state index contributed by atoms with van der Waals surface area (Å²) in [5, 5.41) is 11.8. The number of carbonyl (C=O) groups excluding carboxylic acids is 1. The number of hydrogen-bond acceptors (Lipinski definition) is 4. The molecule has 0 unspecified atom stereocenters. The van der Waals surface area contributed by atoms with E-state index in [1.54, 1.807) is 24.3 Å². The highest BCUT2D eigenvalue weighted by Crippen LogP contribution is 2.33. The molecule has 19 heavy (non-hydrogen) atoms. The van der Waals surface area contributed by atoms with Gasteiger partial charge in [-0.25, -0.2) is 0 Å². The fraction of sp³-hybridized carbons (Fsp3) is 0.286. The molecule has 1 heterocycles. The van der Waals surface area contributed by atoms with Crippen molar-refractivity contribution in [2.75, 3.05) is 6.79 Å². The second-order valence-electron chi connectivity index (χ2n) is 4.53. The Labute approximate surface area is 110 Å². The van der Waals surface area contributed by atoms with Crippen LogP contribution in [0, 0.1) is 11.3 Å². The SMILES string of the molecule is N#C/C(=C\c1ccc2c(c1)OCO2)C(=O)NC1CC1. The van der Waals surface area contributed by atoms with Crippen LogP contribution in [-0.2, 0) is 4.79 Å². The van der Waals surface area contributed by atoms with Gasteiger partial charge in [0.1, 0.15) is 11.6 Å². The number of nitriles is 1. The first-order valence-electron chi connectivity index (χ1n) is 6.08. The molecule has 0 aromatic heterocycles. The molecule has 1 aromatic carbocycles. The van der Waals surface area contributed by atoms with Crippen molar-refractivity contribution in [3.05, 3.63) is 29.3 Å². The van der Waals surface area contributed by atoms with Crippen molar-refractivity contribution in [2.24, 2.45) is 0 Å². The minimum atomic E-state index is -0.317. The predicted molar refractivity (Wildman–Crippen MR) is 67.3 cm³/mol. The van der Waals surface area contributed by atoms with E-state index in [2.05, 4.69) is 5.32 Å². The Balaban J connectivity index is 1.81. The maximum atomic E-state index is 11.8. The quantitative estimate of drug-likeness (QED) is 0.658. The van der Waals surface area contributed by atoms with E-state index in [0.717, 1.165) is 18.4 Å². The molecule has 5 nitrogen and oxygen atoms in total. The van der Waals surface area contributed by atoms with Gasteiger partial charge in [0.15, 0.2) is 11.5 Å². The molecular weight excluding hydrogens is 244 g/mol. The lowest BCUT2D eigenvalue weighted by atomic mass is 10.1. The maximum Gasteiger partial charge on any atom is 0.262 e. The van der Waals surface area contributed by atoms with Gasteiger partial charge in [-0.15, -0.1) is 0 Å². The average Bonchev–Trinajstić information content (AvgIpc) is 3.10. The molecule has 0 spiro atoms. The molecule has 0 saturated heterocycles. The molecule has 0 atom stereocenters. The first kappa shape index (κ1) is 11.6. The number of nitrogens with zero attached hydrogens (tertiary/aromatic N) is 1. The zero-order valence-corrected chi connectivity index (χ0v) is 10.2. The summed E-state index contributed by atoms with van der Waals surface area (Å²) in [6.07, 6.45) is 3.54. The Kier molecular flexibility index (Phi) is 2.84. The monoisotopic (exact) mass is 256 g/mol. The summed E-state index contributed by atoms with van der Waals surface area (Å²) in [7, 11) is 0. The summed E-state index contributed by atoms with van der Waals surface area (Å²) in [5.41, 5.74) is 0.845. The highest BCUT2D eigenvalue weighted by atomic mass is 16.7. The molecule has 96 valence electrons. The number of rotatable bonds is 3. The molecular formula is C14H12N2O3. The number of amides is 1. The van der Waals surface area contributed by atoms with Crippen molar-refractivity contribution >= 4 is 12.0 Å². The number of ether oxygens (including phenoxy) is 2. The number of hydrogen-bond donors (Lipinski definition) is 1. The molecule has 1 saturated carbocycles. The van der Waals surface area contributed by atoms with Crippen molar-refractivity contribution in [3.63, 3.8) is 0 Å². The Morgan fingerprint density at radius 3 is 2.89 bits per heavy atom. The first-order chi connectivity index (χ1) is 9.26. The van der Waals surface area contributed by atoms with Gasteiger partial charge in [0.05, 0.1) is 0 Å². The number of benzene rings is 1. The van der Waals surface area contributed by atoms with E-state index < -0.39 is 0 Å². The van der Waals surface area contributed by atoms with E-state index in [0.29, 0.717) is 11.5 Å². The van der Waals surface area contributed by atoms with Crippen LogP contribution in [0.5, 0.6) is 11.5 Å². The molecule has 0 bridgehead atoms. The summed E-state index contributed by atoms with van der Waals surface area (Å²) in [4.78, 5) is 11.8. The second-order valence-corrected chi connectivity index (χ2v) is 4.53. The van der Waals surface area contributed by atoms with Gasteiger partial charge in [-0.05, 0) is 36.6 Å². The molecule has 3 rings (SSSR count). The zero-order chi connectivity index (χ0) is 13.2. The van der Waals surface area contributed by atoms with Crippen LogP contribution in [0.3, 0.4) is 0 Å². The van der Waals surface area contributed by atoms with Crippen molar-refractivity contribution in [1.29, 1.82) is 5.26 Å². The lowest BCUT2D eigenvalue weighted by molar-refractivity contribution is -0.117. The van der Waals surface area contributed by atoms with Crippen LogP contribution in [0.2, 0.25) is 0 Å². The highest BCUT2D eigenvalue weighted by Gasteiger charge is 2.24. The van der Waals surface area contributed by atoms with Crippen molar-refractivity contribution in [1.82, 2.24) is 5.32 Å². The predicted octanol–water partition coefficient (Wildman–Crippen LogP) is 1.60. The summed E-state index contributed by atoms with van der Waals surface area (Å²) in [5.74, 6) is 0.995. The third-order valence-corrected chi connectivity index (χ3v) is 2.99. The van der Waals surface area contributed by atoms with Crippen LogP contribution in [-0.4, -0.2) is 18.7 Å². The maximum absolute atomic E-state index is 11.8. The van der Waals surface area contributed by atoms with Crippen LogP contribution in [0.1, 0.15) is 18.4 Å². The van der Waals surface area contributed by atoms with Crippen LogP contribution in [0.25, 0.3) is 6.08 Å². The summed E-state index contributed by atoms with van der Waals surface area (Å²) >= 11 is 0. The van der Waals surface area contributed by atoms with Crippen LogP contribution in [0.15, 0.2) is 23.8 Å². The molecule has 1 aliphatic carbocycles. The normalized spacial score (nSPS) is 16.9. The van der Waals surface area contributed by atoms with E-state index in [1.807, 2.05) is 6.07 Å². The zero-order valence-electron chi connectivity index (χ0n) is 10.2. The van der Waals surface area contributed by atoms with Gasteiger partial charge < -0.3 is 14.8 Å². The van der Waals surface area contributed by atoms with E-state index in [1.165, 1.54) is 0 Å². The minimum Gasteiger partial charge on any atom is -0.454 e. The summed E-state index contributed by atoms with van der Waals surface area (Å²) < 4.78 is 10.5. The lowest BCUT2D eigenvalue weighted by Gasteiger charge is -2.02. The molecule has 2 aliphatic rings. The van der Waals surface area contributed by atoms with Crippen LogP contribution in [0.4, 0.5) is 0 Å². The molecule has 0 radical (unpaired) electrons. The van der Waals surface area contributed by atoms with Crippen molar-refractivity contribution < 1.29 is 14.3 Å². The van der Waals surface area contributed by atoms with E-state index in [9.17, 15) is 4.79 Å². The fourth-order valence-corrected chi connectivity index (χ4v) is 1.81. The Morgan fingerprint density at radius 1 is 1.37 bits per heavy atom. The van der Waals surface area contributed by atoms with E-state index >= 15 is 0 Å². The van der Waals surface area contributed by atoms with Crippen molar-refractivity contribution in [3.8, 4) is 17.6 Å². The standard InChI is InChI=1S/C14H12N2O3/c15-7-10(14(17)16-11-2-3-11)5-9-1-4-12-13(6-9)19-8-18-12/h1,4-6,11H,2-3,8H2,(H,16,17)/b10-5+. The van der Waals surface area contributed by atoms with Gasteiger partial charge in [-0.1, -0.05) is 6.07 Å². The van der Waals surface area contributed by atoms with Gasteiger partial charge in [0.2, 0.25) is 6.79 Å². The Bertz CT molecular complexity index is 597. The van der Waals surface area contributed by atoms with Gasteiger partial charge >= 0.3 is 0 Å². The molecule has 1 aliphatic heterocycles. The average molecular weight is 256 g/mol. The topological polar surface area (TPSA) is 71.3 Å². The Morgan fingerprint density at radius 2 is 2.16 bits per heavy atom. The first-order valence-corrected chi connectivity index (χ1v) is 6.08. The van der Waals surface area contributed by atoms with Crippen LogP contribution < -0.4 is 14.8 Å². The Hall–Kier alpha value is -2.48.